The summed E-state index contributed by atoms with van der Waals surface area (Å²) in [4.78, 5) is 0. The topological polar surface area (TPSA) is 0 Å². The van der Waals surface area contributed by atoms with E-state index >= 15 is 0 Å². The summed E-state index contributed by atoms with van der Waals surface area (Å²) in [5.41, 5.74) is 20.1. The summed E-state index contributed by atoms with van der Waals surface area (Å²) in [7, 11) is 0. The van der Waals surface area contributed by atoms with Crippen LogP contribution in [0.5, 0.6) is 0 Å². The van der Waals surface area contributed by atoms with Crippen LogP contribution < -0.4 is 0 Å². The van der Waals surface area contributed by atoms with Gasteiger partial charge < -0.3 is 0 Å². The summed E-state index contributed by atoms with van der Waals surface area (Å²) in [6, 6.07) is 72.4. The van der Waals surface area contributed by atoms with Crippen molar-refractivity contribution >= 4 is 0 Å². The lowest BCUT2D eigenvalue weighted by atomic mass is 9.67. The molecule has 0 bridgehead atoms. The Balaban J connectivity index is 1.24. The SMILES string of the molecule is Cc1cc2c(cc1-c1cc3c(cc1C)C(c1ccccc1)(c1ccccc1)c1ccccc1-3)-c1ccccc1C2(c1ccccc1)c1ccccc1. The predicted molar refractivity (Wildman–Crippen MR) is 216 cm³/mol. The zero-order chi connectivity index (χ0) is 34.9. The van der Waals surface area contributed by atoms with Gasteiger partial charge in [0.15, 0.2) is 0 Å². The van der Waals surface area contributed by atoms with Crippen molar-refractivity contribution in [2.24, 2.45) is 0 Å². The molecule has 0 aliphatic heterocycles. The van der Waals surface area contributed by atoms with Crippen molar-refractivity contribution in [1.82, 2.24) is 0 Å². The van der Waals surface area contributed by atoms with Gasteiger partial charge in [-0.25, -0.2) is 0 Å². The second-order valence-electron chi connectivity index (χ2n) is 14.5. The van der Waals surface area contributed by atoms with Gasteiger partial charge in [-0.1, -0.05) is 182 Å². The van der Waals surface area contributed by atoms with E-state index in [-0.39, 0.29) is 0 Å². The summed E-state index contributed by atoms with van der Waals surface area (Å²) in [5.74, 6) is 0. The van der Waals surface area contributed by atoms with E-state index in [0.29, 0.717) is 0 Å². The first-order valence-electron chi connectivity index (χ1n) is 18.4. The van der Waals surface area contributed by atoms with Gasteiger partial charge in [0, 0.05) is 0 Å². The third-order valence-electron chi connectivity index (χ3n) is 11.9. The number of benzene rings is 8. The molecule has 0 saturated heterocycles. The van der Waals surface area contributed by atoms with E-state index < -0.39 is 10.8 Å². The molecule has 0 spiro atoms. The Morgan fingerprint density at radius 2 is 0.538 bits per heavy atom. The lowest BCUT2D eigenvalue weighted by molar-refractivity contribution is 0.767. The molecule has 2 aliphatic rings. The van der Waals surface area contributed by atoms with Crippen molar-refractivity contribution in [2.75, 3.05) is 0 Å². The Morgan fingerprint density at radius 1 is 0.250 bits per heavy atom. The summed E-state index contributed by atoms with van der Waals surface area (Å²) < 4.78 is 0. The van der Waals surface area contributed by atoms with Crippen LogP contribution in [0, 0.1) is 13.8 Å². The second kappa shape index (κ2) is 11.7. The third kappa shape index (κ3) is 4.10. The minimum absolute atomic E-state index is 0.408. The van der Waals surface area contributed by atoms with Crippen molar-refractivity contribution in [1.29, 1.82) is 0 Å². The van der Waals surface area contributed by atoms with E-state index in [9.17, 15) is 0 Å². The molecule has 0 N–H and O–H groups in total. The van der Waals surface area contributed by atoms with Gasteiger partial charge in [-0.05, 0) is 115 Å². The van der Waals surface area contributed by atoms with E-state index in [1.807, 2.05) is 0 Å². The van der Waals surface area contributed by atoms with Crippen molar-refractivity contribution in [3.63, 3.8) is 0 Å². The third-order valence-corrected chi connectivity index (χ3v) is 11.9. The van der Waals surface area contributed by atoms with E-state index in [1.54, 1.807) is 0 Å². The molecule has 246 valence electrons. The first-order chi connectivity index (χ1) is 25.6. The minimum Gasteiger partial charge on any atom is -0.0622 e. The Bertz CT molecular complexity index is 2350. The Morgan fingerprint density at radius 3 is 0.865 bits per heavy atom. The molecule has 0 saturated carbocycles. The summed E-state index contributed by atoms with van der Waals surface area (Å²) in [6.45, 7) is 4.61. The van der Waals surface area contributed by atoms with Crippen LogP contribution in [0.2, 0.25) is 0 Å². The van der Waals surface area contributed by atoms with E-state index in [4.69, 9.17) is 0 Å². The van der Waals surface area contributed by atoms with Crippen LogP contribution in [0.3, 0.4) is 0 Å². The molecular formula is C52H38. The van der Waals surface area contributed by atoms with Gasteiger partial charge in [-0.15, -0.1) is 0 Å². The molecule has 8 aromatic carbocycles. The maximum absolute atomic E-state index is 2.49. The molecule has 0 amide bonds. The quantitative estimate of drug-likeness (QED) is 0.172. The maximum Gasteiger partial charge on any atom is 0.0713 e. The fourth-order valence-electron chi connectivity index (χ4n) is 9.77. The van der Waals surface area contributed by atoms with Gasteiger partial charge in [0.25, 0.3) is 0 Å². The highest BCUT2D eigenvalue weighted by molar-refractivity contribution is 5.93. The Kier molecular flexibility index (Phi) is 6.85. The molecule has 0 atom stereocenters. The fourth-order valence-corrected chi connectivity index (χ4v) is 9.77. The highest BCUT2D eigenvalue weighted by atomic mass is 14.5. The minimum atomic E-state index is -0.408. The maximum atomic E-state index is 2.49. The molecule has 0 heterocycles. The van der Waals surface area contributed by atoms with Crippen LogP contribution in [-0.2, 0) is 10.8 Å². The number of rotatable bonds is 5. The van der Waals surface area contributed by atoms with Crippen LogP contribution >= 0.6 is 0 Å². The Hall–Kier alpha value is -6.24. The molecule has 0 nitrogen and oxygen atoms in total. The van der Waals surface area contributed by atoms with Crippen LogP contribution in [0.15, 0.2) is 194 Å². The lowest BCUT2D eigenvalue weighted by Crippen LogP contribution is -2.28. The van der Waals surface area contributed by atoms with E-state index in [0.717, 1.165) is 0 Å². The molecule has 0 heteroatoms. The molecule has 8 aromatic rings. The van der Waals surface area contributed by atoms with E-state index in [1.165, 1.54) is 89.0 Å². The standard InChI is InChI=1S/C52H38/c1-35-31-49-45(41-27-15-17-29-47(41)51(49,37-19-7-3-8-20-37)38-21-9-4-10-22-38)33-43(35)44-34-46-42-28-16-18-30-48(42)52(50(46)32-36(44)2,39-23-11-5-12-24-39)40-25-13-6-14-26-40/h3-34H,1-2H3. The highest BCUT2D eigenvalue weighted by Crippen LogP contribution is 2.59. The normalized spacial score (nSPS) is 14.3. The molecule has 0 aromatic heterocycles. The molecular weight excluding hydrogens is 625 g/mol. The van der Waals surface area contributed by atoms with Crippen molar-refractivity contribution < 1.29 is 0 Å². The van der Waals surface area contributed by atoms with Gasteiger partial charge in [0.1, 0.15) is 0 Å². The van der Waals surface area contributed by atoms with Gasteiger partial charge in [-0.2, -0.15) is 0 Å². The zero-order valence-electron chi connectivity index (χ0n) is 29.5. The summed E-state index contributed by atoms with van der Waals surface area (Å²) in [6.07, 6.45) is 0. The van der Waals surface area contributed by atoms with Crippen molar-refractivity contribution in [2.45, 2.75) is 24.7 Å². The molecule has 10 rings (SSSR count). The number of aryl methyl sites for hydroxylation is 2. The van der Waals surface area contributed by atoms with Crippen molar-refractivity contribution in [3.8, 4) is 33.4 Å². The van der Waals surface area contributed by atoms with Crippen LogP contribution in [0.4, 0.5) is 0 Å². The number of hydrogen-bond donors (Lipinski definition) is 0. The summed E-state index contributed by atoms with van der Waals surface area (Å²) in [5, 5.41) is 0. The van der Waals surface area contributed by atoms with Gasteiger partial charge in [-0.3, -0.25) is 0 Å². The largest absolute Gasteiger partial charge is 0.0713 e. The number of hydrogen-bond acceptors (Lipinski definition) is 0. The van der Waals surface area contributed by atoms with Crippen LogP contribution in [0.25, 0.3) is 33.4 Å². The average molecular weight is 663 g/mol. The van der Waals surface area contributed by atoms with Crippen LogP contribution in [0.1, 0.15) is 55.6 Å². The molecule has 52 heavy (non-hydrogen) atoms. The first-order valence-corrected chi connectivity index (χ1v) is 18.4. The highest BCUT2D eigenvalue weighted by Gasteiger charge is 2.48. The van der Waals surface area contributed by atoms with Gasteiger partial charge in [0.05, 0.1) is 10.8 Å². The first kappa shape index (κ1) is 30.6. The van der Waals surface area contributed by atoms with Gasteiger partial charge in [0.2, 0.25) is 0 Å². The number of fused-ring (bicyclic) bond motifs is 6. The molecule has 0 radical (unpaired) electrons. The van der Waals surface area contributed by atoms with Crippen LogP contribution in [-0.4, -0.2) is 0 Å². The molecule has 0 unspecified atom stereocenters. The lowest BCUT2D eigenvalue weighted by Gasteiger charge is -2.34. The second-order valence-corrected chi connectivity index (χ2v) is 14.5. The van der Waals surface area contributed by atoms with Gasteiger partial charge >= 0.3 is 0 Å². The zero-order valence-corrected chi connectivity index (χ0v) is 29.5. The molecule has 2 aliphatic carbocycles. The predicted octanol–water partition coefficient (Wildman–Crippen LogP) is 12.7. The van der Waals surface area contributed by atoms with E-state index in [2.05, 4.69) is 208 Å². The fraction of sp³-hybridized carbons (Fsp3) is 0.0769. The average Bonchev–Trinajstić information content (AvgIpc) is 3.66. The molecule has 0 fully saturated rings. The monoisotopic (exact) mass is 662 g/mol. The summed E-state index contributed by atoms with van der Waals surface area (Å²) >= 11 is 0. The smallest absolute Gasteiger partial charge is 0.0622 e. The van der Waals surface area contributed by atoms with Crippen molar-refractivity contribution in [3.05, 3.63) is 250 Å². The Labute approximate surface area is 306 Å².